The summed E-state index contributed by atoms with van der Waals surface area (Å²) < 4.78 is 4.08. The summed E-state index contributed by atoms with van der Waals surface area (Å²) in [6.07, 6.45) is 0. The minimum atomic E-state index is -0.690. The highest BCUT2D eigenvalue weighted by Gasteiger charge is 2.19. The van der Waals surface area contributed by atoms with Crippen molar-refractivity contribution in [3.05, 3.63) is 35.5 Å². The van der Waals surface area contributed by atoms with Crippen LogP contribution in [0, 0.1) is 5.21 Å². The molecule has 0 aliphatic rings. The van der Waals surface area contributed by atoms with Crippen LogP contribution in [0.2, 0.25) is 0 Å². The van der Waals surface area contributed by atoms with E-state index in [4.69, 9.17) is 9.84 Å². The fourth-order valence-electron chi connectivity index (χ4n) is 1.57. The molecule has 0 saturated carbocycles. The second-order valence-electron chi connectivity index (χ2n) is 3.74. The van der Waals surface area contributed by atoms with E-state index in [9.17, 15) is 10.0 Å². The van der Waals surface area contributed by atoms with E-state index in [1.54, 1.807) is 24.3 Å². The maximum Gasteiger partial charge on any atom is 0.302 e. The first-order valence-electron chi connectivity index (χ1n) is 5.46. The van der Waals surface area contributed by atoms with Gasteiger partial charge in [-0.2, -0.15) is 0 Å². The summed E-state index contributed by atoms with van der Waals surface area (Å²) in [6, 6.07) is 8.76. The Morgan fingerprint density at radius 1 is 1.35 bits per heavy atom. The Labute approximate surface area is 100 Å². The van der Waals surface area contributed by atoms with Gasteiger partial charge in [-0.25, -0.2) is 0 Å². The van der Waals surface area contributed by atoms with E-state index < -0.39 is 10.6 Å². The monoisotopic (exact) mass is 239 g/mol. The number of rotatable bonds is 6. The molecule has 5 heteroatoms. The lowest BCUT2D eigenvalue weighted by atomic mass is 10.2. The van der Waals surface area contributed by atoms with Crippen molar-refractivity contribution >= 4 is 11.7 Å². The number of benzene rings is 1. The molecule has 0 bridgehead atoms. The van der Waals surface area contributed by atoms with Gasteiger partial charge in [0.25, 0.3) is 0 Å². The number of hydrogen-bond acceptors (Lipinski definition) is 4. The predicted molar refractivity (Wildman–Crippen MR) is 65.1 cm³/mol. The van der Waals surface area contributed by atoms with Gasteiger partial charge in [-0.3, -0.25) is 4.79 Å². The zero-order chi connectivity index (χ0) is 12.7. The lowest BCUT2D eigenvalue weighted by Crippen LogP contribution is -2.47. The molecule has 94 valence electrons. The molecule has 1 rings (SSSR count). The van der Waals surface area contributed by atoms with Gasteiger partial charge in [0.2, 0.25) is 0 Å². The third-order valence-corrected chi connectivity index (χ3v) is 2.45. The SMILES string of the molecule is CC(=O)OCC[N+]([O-])(CCO)c1ccccc1. The van der Waals surface area contributed by atoms with Crippen LogP contribution in [0.3, 0.4) is 0 Å². The summed E-state index contributed by atoms with van der Waals surface area (Å²) >= 11 is 0. The molecule has 0 radical (unpaired) electrons. The summed E-state index contributed by atoms with van der Waals surface area (Å²) in [7, 11) is 0. The predicted octanol–water partition coefficient (Wildman–Crippen LogP) is 1.05. The Balaban J connectivity index is 2.71. The van der Waals surface area contributed by atoms with Gasteiger partial charge in [0.1, 0.15) is 25.4 Å². The number of hydrogen-bond donors (Lipinski definition) is 1. The number of carbonyl (C=O) groups excluding carboxylic acids is 1. The molecule has 0 aliphatic carbocycles. The first kappa shape index (κ1) is 13.6. The lowest BCUT2D eigenvalue weighted by Gasteiger charge is -2.41. The van der Waals surface area contributed by atoms with Gasteiger partial charge in [0, 0.05) is 6.92 Å². The standard InChI is InChI=1S/C12H17NO4/c1-11(15)17-10-8-13(16,7-9-14)12-5-3-2-4-6-12/h2-6,14H,7-10H2,1H3. The third kappa shape index (κ3) is 4.14. The van der Waals surface area contributed by atoms with Crippen LogP contribution >= 0.6 is 0 Å². The van der Waals surface area contributed by atoms with Crippen LogP contribution in [-0.2, 0) is 9.53 Å². The summed E-state index contributed by atoms with van der Waals surface area (Å²) in [4.78, 5) is 10.6. The molecule has 0 heterocycles. The molecule has 1 atom stereocenters. The Kier molecular flexibility index (Phi) is 5.09. The van der Waals surface area contributed by atoms with Crippen LogP contribution in [0.5, 0.6) is 0 Å². The van der Waals surface area contributed by atoms with E-state index in [1.165, 1.54) is 6.92 Å². The Morgan fingerprint density at radius 2 is 2.00 bits per heavy atom. The highest BCUT2D eigenvalue weighted by Crippen LogP contribution is 2.20. The average molecular weight is 239 g/mol. The van der Waals surface area contributed by atoms with Crippen LogP contribution in [0.1, 0.15) is 6.92 Å². The highest BCUT2D eigenvalue weighted by molar-refractivity contribution is 5.65. The van der Waals surface area contributed by atoms with E-state index in [-0.39, 0.29) is 26.3 Å². The normalized spacial score (nSPS) is 14.1. The minimum absolute atomic E-state index is 0.0469. The van der Waals surface area contributed by atoms with Crippen molar-refractivity contribution in [3.63, 3.8) is 0 Å². The van der Waals surface area contributed by atoms with Crippen molar-refractivity contribution in [1.29, 1.82) is 0 Å². The van der Waals surface area contributed by atoms with E-state index in [0.717, 1.165) is 0 Å². The number of esters is 1. The van der Waals surface area contributed by atoms with Crippen LogP contribution in [-0.4, -0.2) is 37.4 Å². The molecule has 0 aromatic heterocycles. The fourth-order valence-corrected chi connectivity index (χ4v) is 1.57. The fraction of sp³-hybridized carbons (Fsp3) is 0.417. The van der Waals surface area contributed by atoms with Crippen LogP contribution in [0.15, 0.2) is 30.3 Å². The number of aliphatic hydroxyl groups excluding tert-OH is 1. The molecule has 0 saturated heterocycles. The average Bonchev–Trinajstić information content (AvgIpc) is 2.30. The third-order valence-electron chi connectivity index (χ3n) is 2.45. The number of aliphatic hydroxyl groups is 1. The van der Waals surface area contributed by atoms with Crippen molar-refractivity contribution in [2.45, 2.75) is 6.92 Å². The molecule has 0 aliphatic heterocycles. The molecular formula is C12H17NO4. The smallest absolute Gasteiger partial charge is 0.302 e. The maximum absolute atomic E-state index is 12.5. The van der Waals surface area contributed by atoms with Gasteiger partial charge < -0.3 is 19.7 Å². The second kappa shape index (κ2) is 6.34. The quantitative estimate of drug-likeness (QED) is 0.457. The van der Waals surface area contributed by atoms with E-state index in [1.807, 2.05) is 6.07 Å². The van der Waals surface area contributed by atoms with Crippen molar-refractivity contribution in [1.82, 2.24) is 4.65 Å². The number of ether oxygens (including phenoxy) is 1. The summed E-state index contributed by atoms with van der Waals surface area (Å²) in [6.45, 7) is 1.29. The van der Waals surface area contributed by atoms with Gasteiger partial charge in [-0.1, -0.05) is 18.2 Å². The summed E-state index contributed by atoms with van der Waals surface area (Å²) in [5.74, 6) is -0.409. The molecule has 0 spiro atoms. The largest absolute Gasteiger partial charge is 0.627 e. The molecule has 0 amide bonds. The highest BCUT2D eigenvalue weighted by atomic mass is 16.6. The first-order valence-corrected chi connectivity index (χ1v) is 5.46. The van der Waals surface area contributed by atoms with Crippen molar-refractivity contribution in [3.8, 4) is 0 Å². The van der Waals surface area contributed by atoms with Crippen molar-refractivity contribution in [2.24, 2.45) is 0 Å². The molecule has 5 nitrogen and oxygen atoms in total. The molecule has 1 aromatic carbocycles. The van der Waals surface area contributed by atoms with E-state index in [0.29, 0.717) is 5.69 Å². The van der Waals surface area contributed by atoms with Gasteiger partial charge in [0.15, 0.2) is 0 Å². The molecule has 1 unspecified atom stereocenters. The van der Waals surface area contributed by atoms with Crippen LogP contribution in [0.4, 0.5) is 5.69 Å². The van der Waals surface area contributed by atoms with Crippen LogP contribution < -0.4 is 4.65 Å². The topological polar surface area (TPSA) is 69.6 Å². The van der Waals surface area contributed by atoms with Crippen molar-refractivity contribution in [2.75, 3.05) is 26.3 Å². The molecule has 1 N–H and O–H groups in total. The van der Waals surface area contributed by atoms with Gasteiger partial charge in [-0.05, 0) is 12.1 Å². The lowest BCUT2D eigenvalue weighted by molar-refractivity contribution is -0.141. The van der Waals surface area contributed by atoms with Gasteiger partial charge >= 0.3 is 5.97 Å². The Morgan fingerprint density at radius 3 is 2.53 bits per heavy atom. The summed E-state index contributed by atoms with van der Waals surface area (Å²) in [5, 5.41) is 21.4. The number of quaternary nitrogens is 1. The maximum atomic E-state index is 12.5. The summed E-state index contributed by atoms with van der Waals surface area (Å²) in [5.41, 5.74) is 0.550. The second-order valence-corrected chi connectivity index (χ2v) is 3.74. The van der Waals surface area contributed by atoms with E-state index in [2.05, 4.69) is 0 Å². The van der Waals surface area contributed by atoms with Crippen LogP contribution in [0.25, 0.3) is 0 Å². The molecule has 1 aromatic rings. The Bertz CT molecular complexity index is 355. The van der Waals surface area contributed by atoms with Crippen molar-refractivity contribution < 1.29 is 14.6 Å². The minimum Gasteiger partial charge on any atom is -0.627 e. The van der Waals surface area contributed by atoms with Gasteiger partial charge in [-0.15, -0.1) is 0 Å². The molecule has 0 fully saturated rings. The molecule has 17 heavy (non-hydrogen) atoms. The number of para-hydroxylation sites is 1. The van der Waals surface area contributed by atoms with Gasteiger partial charge in [0.05, 0.1) is 6.61 Å². The zero-order valence-electron chi connectivity index (χ0n) is 9.83. The Hall–Kier alpha value is -1.43. The first-order chi connectivity index (χ1) is 8.08. The van der Waals surface area contributed by atoms with E-state index >= 15 is 0 Å². The number of carbonyl (C=O) groups is 1. The molecular weight excluding hydrogens is 222 g/mol. The number of nitrogens with zero attached hydrogens (tertiary/aromatic N) is 1. The zero-order valence-corrected chi connectivity index (χ0v) is 9.83. The number of hydroxylamine groups is 2.